The zero-order valence-corrected chi connectivity index (χ0v) is 19.3. The van der Waals surface area contributed by atoms with Crippen molar-refractivity contribution in [1.29, 1.82) is 0 Å². The van der Waals surface area contributed by atoms with Crippen LogP contribution in [-0.4, -0.2) is 27.3 Å². The molecular formula is C21H12ClF4N3O6S. The van der Waals surface area contributed by atoms with Gasteiger partial charge in [-0.1, -0.05) is 11.6 Å². The minimum atomic E-state index is -5.17. The first-order chi connectivity index (χ1) is 16.7. The van der Waals surface area contributed by atoms with Crippen molar-refractivity contribution in [2.45, 2.75) is 11.1 Å². The Labute approximate surface area is 205 Å². The fraction of sp³-hybridized carbons (Fsp3) is 0.0952. The van der Waals surface area contributed by atoms with Gasteiger partial charge in [0.2, 0.25) is 12.4 Å². The van der Waals surface area contributed by atoms with Crippen molar-refractivity contribution in [2.24, 2.45) is 0 Å². The number of hydrogen-bond donors (Lipinski definition) is 1. The van der Waals surface area contributed by atoms with Crippen LogP contribution in [0.2, 0.25) is 5.02 Å². The number of ether oxygens (including phenoxy) is 1. The molecule has 0 fully saturated rings. The van der Waals surface area contributed by atoms with Crippen LogP contribution in [0, 0.1) is 11.0 Å². The topological polar surface area (TPSA) is 120 Å². The second-order valence-corrected chi connectivity index (χ2v) is 9.42. The number of hydrogen-bond acceptors (Lipinski definition) is 6. The number of benzene rings is 2. The van der Waals surface area contributed by atoms with Crippen LogP contribution >= 0.6 is 11.6 Å². The summed E-state index contributed by atoms with van der Waals surface area (Å²) in [6, 6.07) is 4.35. The third-order valence-corrected chi connectivity index (χ3v) is 6.76. The minimum Gasteiger partial charge on any atom is -0.619 e. The standard InChI is InChI=1S/C21H12ClF4N3O6S/c1-35-11-6-10(8-28(32)9-11)29-19(30)17-14(22)3-5-16(18(17)20(29)31)27-36(33,34)12-2-4-15(23)13(7-12)21(24,25)26/h2-9,27H,1H3. The summed E-state index contributed by atoms with van der Waals surface area (Å²) in [5.41, 5.74) is -3.42. The third-order valence-electron chi connectivity index (χ3n) is 5.08. The van der Waals surface area contributed by atoms with Crippen molar-refractivity contribution in [2.75, 3.05) is 16.7 Å². The van der Waals surface area contributed by atoms with Crippen molar-refractivity contribution in [3.05, 3.63) is 81.5 Å². The van der Waals surface area contributed by atoms with Crippen LogP contribution in [0.15, 0.2) is 53.7 Å². The van der Waals surface area contributed by atoms with Gasteiger partial charge in [-0.05, 0) is 30.3 Å². The molecule has 1 aromatic heterocycles. The summed E-state index contributed by atoms with van der Waals surface area (Å²) in [6.45, 7) is 0. The first-order valence-electron chi connectivity index (χ1n) is 9.63. The number of rotatable bonds is 5. The normalized spacial score (nSPS) is 13.7. The zero-order valence-electron chi connectivity index (χ0n) is 17.8. The number of fused-ring (bicyclic) bond motifs is 1. The summed E-state index contributed by atoms with van der Waals surface area (Å²) in [6.07, 6.45) is -3.26. The molecule has 15 heteroatoms. The number of anilines is 2. The third kappa shape index (κ3) is 4.28. The largest absolute Gasteiger partial charge is 0.619 e. The van der Waals surface area contributed by atoms with E-state index in [1.807, 2.05) is 4.72 Å². The predicted molar refractivity (Wildman–Crippen MR) is 117 cm³/mol. The summed E-state index contributed by atoms with van der Waals surface area (Å²) in [5, 5.41) is 11.6. The Kier molecular flexibility index (Phi) is 6.04. The average molecular weight is 546 g/mol. The summed E-state index contributed by atoms with van der Waals surface area (Å²) in [4.78, 5) is 25.9. The highest BCUT2D eigenvalue weighted by Crippen LogP contribution is 2.39. The molecule has 0 atom stereocenters. The fourth-order valence-corrected chi connectivity index (χ4v) is 4.82. The Balaban J connectivity index is 1.79. The molecule has 2 amide bonds. The Bertz CT molecular complexity index is 1550. The van der Waals surface area contributed by atoms with Gasteiger partial charge in [-0.2, -0.15) is 17.9 Å². The number of nitrogens with one attached hydrogen (secondary N) is 1. The molecule has 4 rings (SSSR count). The Morgan fingerprint density at radius 3 is 2.36 bits per heavy atom. The van der Waals surface area contributed by atoms with E-state index in [0.29, 0.717) is 17.0 Å². The lowest BCUT2D eigenvalue weighted by atomic mass is 10.1. The van der Waals surface area contributed by atoms with E-state index >= 15 is 0 Å². The molecule has 2 heterocycles. The van der Waals surface area contributed by atoms with E-state index in [0.717, 1.165) is 24.5 Å². The van der Waals surface area contributed by atoms with Crippen LogP contribution in [0.3, 0.4) is 0 Å². The number of imide groups is 1. The minimum absolute atomic E-state index is 0.00265. The van der Waals surface area contributed by atoms with Crippen molar-refractivity contribution >= 4 is 44.8 Å². The number of carbonyl (C=O) groups is 2. The average Bonchev–Trinajstić information content (AvgIpc) is 3.05. The molecular weight excluding hydrogens is 534 g/mol. The lowest BCUT2D eigenvalue weighted by Gasteiger charge is -2.15. The summed E-state index contributed by atoms with van der Waals surface area (Å²) < 4.78 is 85.6. The highest BCUT2D eigenvalue weighted by molar-refractivity contribution is 7.92. The number of carbonyl (C=O) groups excluding carboxylic acids is 2. The number of amides is 2. The molecule has 3 aromatic rings. The van der Waals surface area contributed by atoms with Gasteiger partial charge < -0.3 is 9.94 Å². The van der Waals surface area contributed by atoms with Gasteiger partial charge in [0.25, 0.3) is 21.8 Å². The van der Waals surface area contributed by atoms with Gasteiger partial charge in [-0.15, -0.1) is 0 Å². The number of pyridine rings is 1. The van der Waals surface area contributed by atoms with E-state index in [1.165, 1.54) is 13.2 Å². The van der Waals surface area contributed by atoms with Crippen molar-refractivity contribution in [3.8, 4) is 5.75 Å². The highest BCUT2D eigenvalue weighted by atomic mass is 35.5. The Morgan fingerprint density at radius 1 is 1.06 bits per heavy atom. The summed E-state index contributed by atoms with van der Waals surface area (Å²) in [7, 11) is -3.56. The predicted octanol–water partition coefficient (Wildman–Crippen LogP) is 3.74. The van der Waals surface area contributed by atoms with Crippen LogP contribution in [0.25, 0.3) is 0 Å². The lowest BCUT2D eigenvalue weighted by molar-refractivity contribution is -0.605. The number of nitrogens with zero attached hydrogens (tertiary/aromatic N) is 2. The second kappa shape index (κ2) is 8.64. The first-order valence-corrected chi connectivity index (χ1v) is 11.5. The van der Waals surface area contributed by atoms with Gasteiger partial charge in [0.15, 0.2) is 5.75 Å². The Hall–Kier alpha value is -3.91. The molecule has 1 N–H and O–H groups in total. The zero-order chi connectivity index (χ0) is 26.6. The van der Waals surface area contributed by atoms with Crippen molar-refractivity contribution < 1.29 is 45.0 Å². The molecule has 0 radical (unpaired) electrons. The number of methoxy groups -OCH3 is 1. The van der Waals surface area contributed by atoms with E-state index < -0.39 is 61.1 Å². The maximum absolute atomic E-state index is 13.6. The first kappa shape index (κ1) is 25.2. The molecule has 188 valence electrons. The molecule has 1 aliphatic rings. The van der Waals surface area contributed by atoms with Gasteiger partial charge in [-0.25, -0.2) is 17.7 Å². The number of alkyl halides is 3. The molecule has 0 spiro atoms. The number of halogens is 5. The highest BCUT2D eigenvalue weighted by Gasteiger charge is 2.42. The van der Waals surface area contributed by atoms with Crippen LogP contribution in [-0.2, 0) is 16.2 Å². The molecule has 0 saturated carbocycles. The quantitative estimate of drug-likeness (QED) is 0.226. The molecule has 0 aliphatic carbocycles. The van der Waals surface area contributed by atoms with Crippen LogP contribution in [0.1, 0.15) is 26.3 Å². The molecule has 9 nitrogen and oxygen atoms in total. The smallest absolute Gasteiger partial charge is 0.419 e. The molecule has 0 bridgehead atoms. The summed E-state index contributed by atoms with van der Waals surface area (Å²) in [5.74, 6) is -3.74. The van der Waals surface area contributed by atoms with Gasteiger partial charge in [0, 0.05) is 6.07 Å². The van der Waals surface area contributed by atoms with Gasteiger partial charge in [-0.3, -0.25) is 14.3 Å². The molecule has 0 saturated heterocycles. The van der Waals surface area contributed by atoms with Crippen LogP contribution in [0.4, 0.5) is 28.9 Å². The fourth-order valence-electron chi connectivity index (χ4n) is 3.48. The maximum Gasteiger partial charge on any atom is 0.419 e. The SMILES string of the molecule is COc1cc(N2C(=O)c3c(Cl)ccc(NS(=O)(=O)c4ccc(F)c(C(F)(F)F)c4)c3C2=O)c[n+]([O-])c1. The molecule has 0 unspecified atom stereocenters. The van der Waals surface area contributed by atoms with Gasteiger partial charge in [0.05, 0.1) is 39.4 Å². The number of aromatic nitrogens is 1. The van der Waals surface area contributed by atoms with E-state index in [4.69, 9.17) is 16.3 Å². The maximum atomic E-state index is 13.6. The summed E-state index contributed by atoms with van der Waals surface area (Å²) >= 11 is 6.09. The second-order valence-electron chi connectivity index (χ2n) is 7.33. The molecule has 36 heavy (non-hydrogen) atoms. The van der Waals surface area contributed by atoms with E-state index in [9.17, 15) is 40.8 Å². The molecule has 2 aromatic carbocycles. The van der Waals surface area contributed by atoms with Gasteiger partial charge >= 0.3 is 6.18 Å². The van der Waals surface area contributed by atoms with Crippen LogP contribution < -0.4 is 19.1 Å². The van der Waals surface area contributed by atoms with Crippen molar-refractivity contribution in [3.63, 3.8) is 0 Å². The monoisotopic (exact) mass is 545 g/mol. The van der Waals surface area contributed by atoms with E-state index in [2.05, 4.69) is 0 Å². The van der Waals surface area contributed by atoms with E-state index in [1.54, 1.807) is 0 Å². The van der Waals surface area contributed by atoms with E-state index in [-0.39, 0.29) is 27.3 Å². The molecule has 1 aliphatic heterocycles. The Morgan fingerprint density at radius 2 is 1.72 bits per heavy atom. The number of sulfonamides is 1. The van der Waals surface area contributed by atoms with Gasteiger partial charge in [0.1, 0.15) is 11.5 Å². The van der Waals surface area contributed by atoms with Crippen molar-refractivity contribution in [1.82, 2.24) is 0 Å². The lowest BCUT2D eigenvalue weighted by Crippen LogP contribution is -2.33. The van der Waals surface area contributed by atoms with Crippen LogP contribution in [0.5, 0.6) is 5.75 Å².